The van der Waals surface area contributed by atoms with E-state index in [1.54, 1.807) is 42.5 Å². The van der Waals surface area contributed by atoms with E-state index in [-0.39, 0.29) is 0 Å². The number of ether oxygens (including phenoxy) is 1. The topological polar surface area (TPSA) is 62.1 Å². The van der Waals surface area contributed by atoms with Crippen LogP contribution in [0.1, 0.15) is 17.2 Å². The Morgan fingerprint density at radius 1 is 1.18 bits per heavy atom. The molecule has 0 aliphatic heterocycles. The lowest BCUT2D eigenvalue weighted by molar-refractivity contribution is -0.141. The second kappa shape index (κ2) is 7.17. The molecule has 0 aliphatic rings. The molecule has 2 aromatic rings. The van der Waals surface area contributed by atoms with Crippen molar-refractivity contribution in [3.05, 3.63) is 63.6 Å². The zero-order valence-electron chi connectivity index (χ0n) is 11.6. The molecule has 0 bridgehead atoms. The highest BCUT2D eigenvalue weighted by Crippen LogP contribution is 2.27. The van der Waals surface area contributed by atoms with E-state index in [1.807, 2.05) is 6.07 Å². The number of carbonyl (C=O) groups excluding carboxylic acids is 1. The summed E-state index contributed by atoms with van der Waals surface area (Å²) in [5.41, 5.74) is 1.80. The van der Waals surface area contributed by atoms with Crippen molar-refractivity contribution in [3.8, 4) is 6.07 Å². The van der Waals surface area contributed by atoms with E-state index in [1.165, 1.54) is 7.11 Å². The molecule has 0 radical (unpaired) electrons. The molecule has 1 unspecified atom stereocenters. The Bertz CT molecular complexity index is 704. The molecule has 4 nitrogen and oxygen atoms in total. The molecule has 1 N–H and O–H groups in total. The molecule has 0 amide bonds. The fraction of sp³-hybridized carbons (Fsp3) is 0.125. The monoisotopic (exact) mass is 334 g/mol. The van der Waals surface area contributed by atoms with Crippen LogP contribution >= 0.6 is 23.2 Å². The van der Waals surface area contributed by atoms with Crippen LogP contribution in [0.4, 0.5) is 5.69 Å². The van der Waals surface area contributed by atoms with Crippen molar-refractivity contribution in [1.82, 2.24) is 0 Å². The van der Waals surface area contributed by atoms with Crippen LogP contribution in [0.5, 0.6) is 0 Å². The first-order chi connectivity index (χ1) is 10.5. The van der Waals surface area contributed by atoms with Gasteiger partial charge in [-0.2, -0.15) is 5.26 Å². The van der Waals surface area contributed by atoms with E-state index in [4.69, 9.17) is 33.2 Å². The van der Waals surface area contributed by atoms with E-state index in [0.29, 0.717) is 26.9 Å². The second-order valence-corrected chi connectivity index (χ2v) is 5.37. The zero-order chi connectivity index (χ0) is 16.1. The summed E-state index contributed by atoms with van der Waals surface area (Å²) < 4.78 is 4.82. The van der Waals surface area contributed by atoms with Crippen LogP contribution in [0.15, 0.2) is 42.5 Å². The van der Waals surface area contributed by atoms with E-state index in [9.17, 15) is 4.79 Å². The SMILES string of the molecule is COC(=O)C(Nc1ccc(C#N)cc1)c1cc(Cl)cc(Cl)c1. The molecule has 22 heavy (non-hydrogen) atoms. The molecule has 2 aromatic carbocycles. The summed E-state index contributed by atoms with van der Waals surface area (Å²) in [5, 5.41) is 12.7. The number of benzene rings is 2. The Balaban J connectivity index is 2.33. The maximum absolute atomic E-state index is 12.0. The van der Waals surface area contributed by atoms with Gasteiger partial charge in [0.1, 0.15) is 0 Å². The smallest absolute Gasteiger partial charge is 0.332 e. The molecular weight excluding hydrogens is 323 g/mol. The molecule has 0 fully saturated rings. The lowest BCUT2D eigenvalue weighted by atomic mass is 10.1. The molecule has 0 heterocycles. The molecule has 6 heteroatoms. The van der Waals surface area contributed by atoms with Crippen molar-refractivity contribution in [3.63, 3.8) is 0 Å². The highest BCUT2D eigenvalue weighted by atomic mass is 35.5. The van der Waals surface area contributed by atoms with E-state index in [2.05, 4.69) is 5.32 Å². The highest BCUT2D eigenvalue weighted by molar-refractivity contribution is 6.34. The summed E-state index contributed by atoms with van der Waals surface area (Å²) in [4.78, 5) is 12.0. The van der Waals surface area contributed by atoms with E-state index >= 15 is 0 Å². The lowest BCUT2D eigenvalue weighted by Crippen LogP contribution is -2.22. The van der Waals surface area contributed by atoms with Crippen LogP contribution < -0.4 is 5.32 Å². The zero-order valence-corrected chi connectivity index (χ0v) is 13.2. The van der Waals surface area contributed by atoms with Gasteiger partial charge in [0, 0.05) is 15.7 Å². The number of nitriles is 1. The van der Waals surface area contributed by atoms with Crippen molar-refractivity contribution in [2.75, 3.05) is 12.4 Å². The molecule has 2 rings (SSSR count). The summed E-state index contributed by atoms with van der Waals surface area (Å²) in [6.45, 7) is 0. The van der Waals surface area contributed by atoms with Gasteiger partial charge < -0.3 is 10.1 Å². The van der Waals surface area contributed by atoms with Crippen molar-refractivity contribution < 1.29 is 9.53 Å². The summed E-state index contributed by atoms with van der Waals surface area (Å²) in [6, 6.07) is 12.9. The molecule has 1 atom stereocenters. The third-order valence-electron chi connectivity index (χ3n) is 2.98. The summed E-state index contributed by atoms with van der Waals surface area (Å²) in [5.74, 6) is -0.470. The van der Waals surface area contributed by atoms with Crippen LogP contribution in [0.3, 0.4) is 0 Å². The highest BCUT2D eigenvalue weighted by Gasteiger charge is 2.22. The average molecular weight is 335 g/mol. The minimum Gasteiger partial charge on any atom is -0.467 e. The largest absolute Gasteiger partial charge is 0.467 e. The second-order valence-electron chi connectivity index (χ2n) is 4.49. The number of esters is 1. The van der Waals surface area contributed by atoms with Crippen LogP contribution in [-0.4, -0.2) is 13.1 Å². The molecule has 0 spiro atoms. The Morgan fingerprint density at radius 2 is 1.77 bits per heavy atom. The Labute approximate surface area is 138 Å². The number of hydrogen-bond donors (Lipinski definition) is 1. The average Bonchev–Trinajstić information content (AvgIpc) is 2.51. The number of anilines is 1. The quantitative estimate of drug-likeness (QED) is 0.851. The van der Waals surface area contributed by atoms with Crippen molar-refractivity contribution in [2.45, 2.75) is 6.04 Å². The first-order valence-corrected chi connectivity index (χ1v) is 7.09. The first kappa shape index (κ1) is 16.2. The summed E-state index contributed by atoms with van der Waals surface area (Å²) in [7, 11) is 1.31. The Morgan fingerprint density at radius 3 is 2.27 bits per heavy atom. The van der Waals surface area contributed by atoms with Gasteiger partial charge in [0.25, 0.3) is 0 Å². The fourth-order valence-electron chi connectivity index (χ4n) is 1.95. The Hall–Kier alpha value is -2.22. The van der Waals surface area contributed by atoms with Gasteiger partial charge in [0.15, 0.2) is 6.04 Å². The maximum Gasteiger partial charge on any atom is 0.332 e. The van der Waals surface area contributed by atoms with Gasteiger partial charge in [0.05, 0.1) is 18.7 Å². The van der Waals surface area contributed by atoms with E-state index in [0.717, 1.165) is 0 Å². The third kappa shape index (κ3) is 3.91. The number of nitrogens with one attached hydrogen (secondary N) is 1. The van der Waals surface area contributed by atoms with Crippen LogP contribution in [0.2, 0.25) is 10.0 Å². The van der Waals surface area contributed by atoms with Gasteiger partial charge >= 0.3 is 5.97 Å². The van der Waals surface area contributed by atoms with Crippen LogP contribution in [0.25, 0.3) is 0 Å². The van der Waals surface area contributed by atoms with Gasteiger partial charge in [-0.05, 0) is 48.0 Å². The number of rotatable bonds is 4. The van der Waals surface area contributed by atoms with Crippen molar-refractivity contribution in [1.29, 1.82) is 5.26 Å². The molecule has 0 aromatic heterocycles. The third-order valence-corrected chi connectivity index (χ3v) is 3.42. The number of halogens is 2. The number of hydrogen-bond acceptors (Lipinski definition) is 4. The summed E-state index contributed by atoms with van der Waals surface area (Å²) >= 11 is 12.0. The van der Waals surface area contributed by atoms with Gasteiger partial charge in [-0.1, -0.05) is 23.2 Å². The summed E-state index contributed by atoms with van der Waals surface area (Å²) in [6.07, 6.45) is 0. The maximum atomic E-state index is 12.0. The van der Waals surface area contributed by atoms with Gasteiger partial charge in [-0.15, -0.1) is 0 Å². The molecule has 112 valence electrons. The molecule has 0 saturated carbocycles. The number of nitrogens with zero attached hydrogens (tertiary/aromatic N) is 1. The molecule has 0 saturated heterocycles. The predicted octanol–water partition coefficient (Wildman–Crippen LogP) is 4.19. The first-order valence-electron chi connectivity index (χ1n) is 6.34. The minimum atomic E-state index is -0.755. The van der Waals surface area contributed by atoms with Gasteiger partial charge in [-0.25, -0.2) is 4.79 Å². The number of methoxy groups -OCH3 is 1. The van der Waals surface area contributed by atoms with Gasteiger partial charge in [0.2, 0.25) is 0 Å². The molecular formula is C16H12Cl2N2O2. The van der Waals surface area contributed by atoms with Crippen LogP contribution in [-0.2, 0) is 9.53 Å². The standard InChI is InChI=1S/C16H12Cl2N2O2/c1-22-16(21)15(11-6-12(17)8-13(18)7-11)20-14-4-2-10(9-19)3-5-14/h2-8,15,20H,1H3. The minimum absolute atomic E-state index is 0.429. The van der Waals surface area contributed by atoms with E-state index < -0.39 is 12.0 Å². The van der Waals surface area contributed by atoms with Crippen molar-refractivity contribution >= 4 is 34.9 Å². The Kier molecular flexibility index (Phi) is 5.26. The van der Waals surface area contributed by atoms with Crippen LogP contribution in [0, 0.1) is 11.3 Å². The fourth-order valence-corrected chi connectivity index (χ4v) is 2.49. The predicted molar refractivity (Wildman–Crippen MR) is 86.0 cm³/mol. The number of carbonyl (C=O) groups is 1. The lowest BCUT2D eigenvalue weighted by Gasteiger charge is -2.18. The molecule has 0 aliphatic carbocycles. The van der Waals surface area contributed by atoms with Crippen molar-refractivity contribution in [2.24, 2.45) is 0 Å². The van der Waals surface area contributed by atoms with Gasteiger partial charge in [-0.3, -0.25) is 0 Å². The normalized spacial score (nSPS) is 11.4.